The van der Waals surface area contributed by atoms with Crippen molar-refractivity contribution in [1.82, 2.24) is 5.32 Å². The van der Waals surface area contributed by atoms with Gasteiger partial charge in [-0.2, -0.15) is 0 Å². The molecule has 0 atom stereocenters. The van der Waals surface area contributed by atoms with Crippen molar-refractivity contribution in [2.45, 2.75) is 20.1 Å². The summed E-state index contributed by atoms with van der Waals surface area (Å²) >= 11 is 15.7. The molecule has 0 aliphatic rings. The maximum Gasteiger partial charge on any atom is 0.175 e. The quantitative estimate of drug-likeness (QED) is 0.648. The van der Waals surface area contributed by atoms with Crippen LogP contribution in [0.15, 0.2) is 34.8 Å². The van der Waals surface area contributed by atoms with Gasteiger partial charge in [0.1, 0.15) is 6.61 Å². The maximum absolute atomic E-state index is 6.19. The molecule has 0 unspecified atom stereocenters. The van der Waals surface area contributed by atoms with E-state index in [2.05, 4.69) is 21.2 Å². The van der Waals surface area contributed by atoms with Gasteiger partial charge in [0.05, 0.1) is 11.1 Å². The minimum atomic E-state index is 0.333. The third-order valence-electron chi connectivity index (χ3n) is 3.14. The molecule has 0 aliphatic heterocycles. The molecule has 2 aromatic carbocycles. The maximum atomic E-state index is 6.19. The Morgan fingerprint density at radius 3 is 2.57 bits per heavy atom. The van der Waals surface area contributed by atoms with Crippen LogP contribution in [0.5, 0.6) is 11.5 Å². The first-order chi connectivity index (χ1) is 11.0. The highest BCUT2D eigenvalue weighted by Crippen LogP contribution is 2.38. The SMILES string of the molecule is CCOc1cc(CNC)cc(Br)c1OCc1ccc(Cl)cc1Cl. The van der Waals surface area contributed by atoms with E-state index in [0.717, 1.165) is 22.1 Å². The van der Waals surface area contributed by atoms with Crippen LogP contribution in [-0.2, 0) is 13.2 Å². The molecule has 0 saturated carbocycles. The van der Waals surface area contributed by atoms with Crippen LogP contribution in [0.25, 0.3) is 0 Å². The van der Waals surface area contributed by atoms with E-state index in [1.807, 2.05) is 32.2 Å². The number of ether oxygens (including phenoxy) is 2. The number of hydrogen-bond acceptors (Lipinski definition) is 3. The largest absolute Gasteiger partial charge is 0.490 e. The summed E-state index contributed by atoms with van der Waals surface area (Å²) in [7, 11) is 1.90. The normalized spacial score (nSPS) is 10.7. The molecular weight excluding hydrogens is 401 g/mol. The highest BCUT2D eigenvalue weighted by Gasteiger charge is 2.13. The van der Waals surface area contributed by atoms with Crippen LogP contribution in [0.2, 0.25) is 10.0 Å². The second-order valence-electron chi connectivity index (χ2n) is 4.89. The van der Waals surface area contributed by atoms with Crippen LogP contribution in [0, 0.1) is 0 Å². The molecule has 0 aromatic heterocycles. The molecule has 6 heteroatoms. The molecule has 0 saturated heterocycles. The lowest BCUT2D eigenvalue weighted by atomic mass is 10.2. The number of benzene rings is 2. The molecule has 0 fully saturated rings. The fourth-order valence-electron chi connectivity index (χ4n) is 2.12. The van der Waals surface area contributed by atoms with Gasteiger partial charge < -0.3 is 14.8 Å². The zero-order chi connectivity index (χ0) is 16.8. The standard InChI is InChI=1S/C17H18BrCl2NO2/c1-3-22-16-7-11(9-21-2)6-14(18)17(16)23-10-12-4-5-13(19)8-15(12)20/h4-8,21H,3,9-10H2,1-2H3. The van der Waals surface area contributed by atoms with Crippen LogP contribution < -0.4 is 14.8 Å². The lowest BCUT2D eigenvalue weighted by Crippen LogP contribution is -2.07. The smallest absolute Gasteiger partial charge is 0.175 e. The molecule has 0 amide bonds. The highest BCUT2D eigenvalue weighted by molar-refractivity contribution is 9.10. The first-order valence-corrected chi connectivity index (χ1v) is 8.76. The minimum Gasteiger partial charge on any atom is -0.490 e. The van der Waals surface area contributed by atoms with Gasteiger partial charge in [0.25, 0.3) is 0 Å². The minimum absolute atomic E-state index is 0.333. The second kappa shape index (κ2) is 8.78. The fourth-order valence-corrected chi connectivity index (χ4v) is 3.19. The zero-order valence-corrected chi connectivity index (χ0v) is 16.1. The Morgan fingerprint density at radius 2 is 1.91 bits per heavy atom. The van der Waals surface area contributed by atoms with E-state index in [1.54, 1.807) is 12.1 Å². The molecule has 2 aromatic rings. The van der Waals surface area contributed by atoms with Crippen molar-refractivity contribution in [3.05, 3.63) is 56.0 Å². The average Bonchev–Trinajstić information content (AvgIpc) is 2.49. The lowest BCUT2D eigenvalue weighted by Gasteiger charge is -2.16. The van der Waals surface area contributed by atoms with Crippen molar-refractivity contribution < 1.29 is 9.47 Å². The summed E-state index contributed by atoms with van der Waals surface area (Å²) in [6.45, 7) is 3.59. The molecule has 0 heterocycles. The summed E-state index contributed by atoms with van der Waals surface area (Å²) in [6.07, 6.45) is 0. The molecule has 0 bridgehead atoms. The first kappa shape index (κ1) is 18.4. The molecular formula is C17H18BrCl2NO2. The third-order valence-corrected chi connectivity index (χ3v) is 4.31. The lowest BCUT2D eigenvalue weighted by molar-refractivity contribution is 0.267. The van der Waals surface area contributed by atoms with Gasteiger partial charge in [0.15, 0.2) is 11.5 Å². The zero-order valence-electron chi connectivity index (χ0n) is 13.0. The Bertz CT molecular complexity index is 680. The van der Waals surface area contributed by atoms with Gasteiger partial charge in [-0.15, -0.1) is 0 Å². The van der Waals surface area contributed by atoms with Gasteiger partial charge in [-0.3, -0.25) is 0 Å². The van der Waals surface area contributed by atoms with E-state index in [-0.39, 0.29) is 0 Å². The van der Waals surface area contributed by atoms with Crippen molar-refractivity contribution >= 4 is 39.1 Å². The van der Waals surface area contributed by atoms with Crippen LogP contribution in [0.3, 0.4) is 0 Å². The molecule has 3 nitrogen and oxygen atoms in total. The Hall–Kier alpha value is -0.940. The first-order valence-electron chi connectivity index (χ1n) is 7.21. The monoisotopic (exact) mass is 417 g/mol. The third kappa shape index (κ3) is 5.01. The molecule has 0 spiro atoms. The number of rotatable bonds is 7. The van der Waals surface area contributed by atoms with Crippen LogP contribution in [0.4, 0.5) is 0 Å². The summed E-state index contributed by atoms with van der Waals surface area (Å²) in [5, 5.41) is 4.31. The number of halogens is 3. The van der Waals surface area contributed by atoms with E-state index < -0.39 is 0 Å². The summed E-state index contributed by atoms with van der Waals surface area (Å²) in [5.41, 5.74) is 1.98. The van der Waals surface area contributed by atoms with E-state index in [4.69, 9.17) is 32.7 Å². The molecule has 23 heavy (non-hydrogen) atoms. The van der Waals surface area contributed by atoms with Gasteiger partial charge in [0.2, 0.25) is 0 Å². The van der Waals surface area contributed by atoms with E-state index in [9.17, 15) is 0 Å². The van der Waals surface area contributed by atoms with Gasteiger partial charge in [-0.25, -0.2) is 0 Å². The van der Waals surface area contributed by atoms with Crippen molar-refractivity contribution in [3.8, 4) is 11.5 Å². The molecule has 0 aliphatic carbocycles. The van der Waals surface area contributed by atoms with Crippen molar-refractivity contribution in [1.29, 1.82) is 0 Å². The van der Waals surface area contributed by atoms with Crippen molar-refractivity contribution in [2.75, 3.05) is 13.7 Å². The molecule has 2 rings (SSSR count). The van der Waals surface area contributed by atoms with Crippen molar-refractivity contribution in [2.24, 2.45) is 0 Å². The molecule has 0 radical (unpaired) electrons. The molecule has 1 N–H and O–H groups in total. The van der Waals surface area contributed by atoms with Crippen LogP contribution in [0.1, 0.15) is 18.1 Å². The average molecular weight is 419 g/mol. The second-order valence-corrected chi connectivity index (χ2v) is 6.59. The van der Waals surface area contributed by atoms with Crippen molar-refractivity contribution in [3.63, 3.8) is 0 Å². The summed E-state index contributed by atoms with van der Waals surface area (Å²) in [6, 6.07) is 9.34. The van der Waals surface area contributed by atoms with Gasteiger partial charge >= 0.3 is 0 Å². The van der Waals surface area contributed by atoms with Gasteiger partial charge in [-0.05, 0) is 59.7 Å². The van der Waals surface area contributed by atoms with Gasteiger partial charge in [-0.1, -0.05) is 29.3 Å². The predicted molar refractivity (Wildman–Crippen MR) is 98.9 cm³/mol. The molecule has 124 valence electrons. The van der Waals surface area contributed by atoms with E-state index in [1.165, 1.54) is 0 Å². The number of nitrogens with one attached hydrogen (secondary N) is 1. The van der Waals surface area contributed by atoms with Gasteiger partial charge in [0, 0.05) is 22.2 Å². The Morgan fingerprint density at radius 1 is 1.13 bits per heavy atom. The topological polar surface area (TPSA) is 30.5 Å². The van der Waals surface area contributed by atoms with Crippen LogP contribution >= 0.6 is 39.1 Å². The van der Waals surface area contributed by atoms with Crippen LogP contribution in [-0.4, -0.2) is 13.7 Å². The Balaban J connectivity index is 2.23. The predicted octanol–water partition coefficient (Wildman–Crippen LogP) is 5.45. The van der Waals surface area contributed by atoms with E-state index in [0.29, 0.717) is 34.8 Å². The Kier molecular flexibility index (Phi) is 7.03. The Labute approximate surface area is 155 Å². The highest BCUT2D eigenvalue weighted by atomic mass is 79.9. The fraction of sp³-hybridized carbons (Fsp3) is 0.294. The van der Waals surface area contributed by atoms with E-state index >= 15 is 0 Å². The summed E-state index contributed by atoms with van der Waals surface area (Å²) < 4.78 is 12.5. The summed E-state index contributed by atoms with van der Waals surface area (Å²) in [4.78, 5) is 0. The number of hydrogen-bond donors (Lipinski definition) is 1. The summed E-state index contributed by atoms with van der Waals surface area (Å²) in [5.74, 6) is 1.37.